The number of nitrogens with one attached hydrogen (secondary N) is 1. The van der Waals surface area contributed by atoms with Crippen molar-refractivity contribution in [3.8, 4) is 0 Å². The van der Waals surface area contributed by atoms with E-state index in [-0.39, 0.29) is 11.4 Å². The van der Waals surface area contributed by atoms with Crippen LogP contribution in [0.15, 0.2) is 67.0 Å². The minimum absolute atomic E-state index is 0.114. The van der Waals surface area contributed by atoms with Gasteiger partial charge in [0.1, 0.15) is 23.7 Å². The predicted molar refractivity (Wildman–Crippen MR) is 95.5 cm³/mol. The van der Waals surface area contributed by atoms with Gasteiger partial charge in [-0.15, -0.1) is 0 Å². The number of anilines is 3. The second-order valence-electron chi connectivity index (χ2n) is 5.28. The fourth-order valence-electron chi connectivity index (χ4n) is 2.45. The molecule has 0 bridgehead atoms. The number of nitrogens with zero attached hydrogens (tertiary/aromatic N) is 3. The van der Waals surface area contributed by atoms with Gasteiger partial charge < -0.3 is 10.2 Å². The molecule has 1 aromatic heterocycles. The minimum Gasteiger partial charge on any atom is -0.327 e. The normalized spacial score (nSPS) is 10.3. The molecule has 5 nitrogen and oxygen atoms in total. The molecular weight excluding hydrogens is 319 g/mol. The Bertz CT molecular complexity index is 870. The molecule has 0 saturated heterocycles. The van der Waals surface area contributed by atoms with Crippen LogP contribution in [0, 0.1) is 5.82 Å². The van der Waals surface area contributed by atoms with Gasteiger partial charge in [0.25, 0.3) is 5.91 Å². The van der Waals surface area contributed by atoms with Crippen LogP contribution in [0.2, 0.25) is 0 Å². The molecule has 1 heterocycles. The molecule has 2 aromatic carbocycles. The van der Waals surface area contributed by atoms with Crippen LogP contribution < -0.4 is 10.2 Å². The van der Waals surface area contributed by atoms with E-state index >= 15 is 0 Å². The van der Waals surface area contributed by atoms with Crippen molar-refractivity contribution in [1.82, 2.24) is 9.97 Å². The summed E-state index contributed by atoms with van der Waals surface area (Å²) < 4.78 is 13.7. The molecule has 25 heavy (non-hydrogen) atoms. The third-order valence-corrected chi connectivity index (χ3v) is 3.67. The number of benzene rings is 2. The summed E-state index contributed by atoms with van der Waals surface area (Å²) in [7, 11) is 0. The van der Waals surface area contributed by atoms with E-state index in [2.05, 4.69) is 15.3 Å². The smallest absolute Gasteiger partial charge is 0.274 e. The lowest BCUT2D eigenvalue weighted by Gasteiger charge is -2.22. The van der Waals surface area contributed by atoms with Gasteiger partial charge in [0.15, 0.2) is 0 Å². The summed E-state index contributed by atoms with van der Waals surface area (Å²) >= 11 is 0. The molecule has 0 unspecified atom stereocenters. The highest BCUT2D eigenvalue weighted by Crippen LogP contribution is 2.23. The summed E-state index contributed by atoms with van der Waals surface area (Å²) in [5, 5.41) is 2.53. The molecule has 0 saturated carbocycles. The quantitative estimate of drug-likeness (QED) is 0.764. The van der Waals surface area contributed by atoms with Gasteiger partial charge in [0, 0.05) is 18.3 Å². The number of carbonyl (C=O) groups is 1. The van der Waals surface area contributed by atoms with Crippen LogP contribution in [0.5, 0.6) is 0 Å². The van der Waals surface area contributed by atoms with Gasteiger partial charge in [-0.3, -0.25) is 4.79 Å². The Labute approximate surface area is 145 Å². The van der Waals surface area contributed by atoms with Gasteiger partial charge in [-0.05, 0) is 31.2 Å². The number of halogens is 1. The SMILES string of the molecule is CCN(c1ccccc1)c1cc(C(=O)Nc2ccccc2F)ncn1. The van der Waals surface area contributed by atoms with Crippen LogP contribution in [0.4, 0.5) is 21.6 Å². The molecule has 0 spiro atoms. The van der Waals surface area contributed by atoms with E-state index < -0.39 is 11.7 Å². The van der Waals surface area contributed by atoms with Crippen LogP contribution in [-0.2, 0) is 0 Å². The zero-order chi connectivity index (χ0) is 17.6. The molecule has 0 radical (unpaired) electrons. The van der Waals surface area contributed by atoms with Crippen molar-refractivity contribution < 1.29 is 9.18 Å². The first-order valence-corrected chi connectivity index (χ1v) is 7.89. The molecule has 0 aliphatic rings. The monoisotopic (exact) mass is 336 g/mol. The molecule has 6 heteroatoms. The number of rotatable bonds is 5. The van der Waals surface area contributed by atoms with Gasteiger partial charge in [-0.1, -0.05) is 30.3 Å². The van der Waals surface area contributed by atoms with Crippen molar-refractivity contribution in [3.63, 3.8) is 0 Å². The van der Waals surface area contributed by atoms with Gasteiger partial charge in [-0.25, -0.2) is 14.4 Å². The van der Waals surface area contributed by atoms with E-state index in [0.717, 1.165) is 5.69 Å². The third-order valence-electron chi connectivity index (χ3n) is 3.67. The number of carbonyl (C=O) groups excluding carboxylic acids is 1. The predicted octanol–water partition coefficient (Wildman–Crippen LogP) is 4.03. The van der Waals surface area contributed by atoms with Crippen LogP contribution in [-0.4, -0.2) is 22.4 Å². The van der Waals surface area contributed by atoms with Gasteiger partial charge in [0.2, 0.25) is 0 Å². The van der Waals surface area contributed by atoms with E-state index in [4.69, 9.17) is 0 Å². The molecule has 0 fully saturated rings. The van der Waals surface area contributed by atoms with E-state index in [9.17, 15) is 9.18 Å². The summed E-state index contributed by atoms with van der Waals surface area (Å²) in [6, 6.07) is 17.3. The highest BCUT2D eigenvalue weighted by molar-refractivity contribution is 6.03. The average Bonchev–Trinajstić information content (AvgIpc) is 2.65. The van der Waals surface area contributed by atoms with Crippen molar-refractivity contribution in [1.29, 1.82) is 0 Å². The van der Waals surface area contributed by atoms with E-state index in [1.807, 2.05) is 42.2 Å². The maximum Gasteiger partial charge on any atom is 0.274 e. The van der Waals surface area contributed by atoms with Gasteiger partial charge in [-0.2, -0.15) is 0 Å². The van der Waals surface area contributed by atoms with E-state index in [1.165, 1.54) is 18.5 Å². The van der Waals surface area contributed by atoms with Crippen LogP contribution >= 0.6 is 0 Å². The van der Waals surface area contributed by atoms with Crippen molar-refractivity contribution in [3.05, 3.63) is 78.5 Å². The molecular formula is C19H17FN4O. The largest absolute Gasteiger partial charge is 0.327 e. The molecule has 0 aliphatic carbocycles. The van der Waals surface area contributed by atoms with Crippen molar-refractivity contribution in [2.24, 2.45) is 0 Å². The maximum atomic E-state index is 13.7. The third kappa shape index (κ3) is 3.80. The lowest BCUT2D eigenvalue weighted by Crippen LogP contribution is -2.20. The first kappa shape index (κ1) is 16.6. The Kier molecular flexibility index (Phi) is 4.99. The van der Waals surface area contributed by atoms with Crippen molar-refractivity contribution >= 4 is 23.1 Å². The Morgan fingerprint density at radius 1 is 1.08 bits per heavy atom. The van der Waals surface area contributed by atoms with Crippen molar-refractivity contribution in [2.45, 2.75) is 6.92 Å². The standard InChI is InChI=1S/C19H17FN4O/c1-2-24(14-8-4-3-5-9-14)18-12-17(21-13-22-18)19(25)23-16-11-7-6-10-15(16)20/h3-13H,2H2,1H3,(H,23,25). The molecule has 0 atom stereocenters. The van der Waals surface area contributed by atoms with E-state index in [1.54, 1.807) is 18.2 Å². The molecule has 3 rings (SSSR count). The summed E-state index contributed by atoms with van der Waals surface area (Å²) in [4.78, 5) is 22.6. The molecule has 126 valence electrons. The molecule has 3 aromatic rings. The Hall–Kier alpha value is -3.28. The number of hydrogen-bond donors (Lipinski definition) is 1. The zero-order valence-corrected chi connectivity index (χ0v) is 13.7. The van der Waals surface area contributed by atoms with Crippen molar-refractivity contribution in [2.75, 3.05) is 16.8 Å². The van der Waals surface area contributed by atoms with Crippen LogP contribution in [0.25, 0.3) is 0 Å². The van der Waals surface area contributed by atoms with Crippen LogP contribution in [0.3, 0.4) is 0 Å². The minimum atomic E-state index is -0.496. The summed E-state index contributed by atoms with van der Waals surface area (Å²) in [6.07, 6.45) is 1.33. The number of aromatic nitrogens is 2. The fourth-order valence-corrected chi connectivity index (χ4v) is 2.45. The van der Waals surface area contributed by atoms with E-state index in [0.29, 0.717) is 12.4 Å². The maximum absolute atomic E-state index is 13.7. The Morgan fingerprint density at radius 3 is 2.52 bits per heavy atom. The highest BCUT2D eigenvalue weighted by Gasteiger charge is 2.14. The fraction of sp³-hybridized carbons (Fsp3) is 0.105. The van der Waals surface area contributed by atoms with Crippen LogP contribution in [0.1, 0.15) is 17.4 Å². The molecule has 0 aliphatic heterocycles. The summed E-state index contributed by atoms with van der Waals surface area (Å²) in [5.41, 5.74) is 1.25. The molecule has 1 amide bonds. The number of para-hydroxylation sites is 2. The number of amides is 1. The molecule has 1 N–H and O–H groups in total. The second-order valence-corrected chi connectivity index (χ2v) is 5.28. The first-order chi connectivity index (χ1) is 12.2. The van der Waals surface area contributed by atoms with Gasteiger partial charge in [0.05, 0.1) is 5.69 Å². The Morgan fingerprint density at radius 2 is 1.80 bits per heavy atom. The second kappa shape index (κ2) is 7.53. The topological polar surface area (TPSA) is 58.1 Å². The summed E-state index contributed by atoms with van der Waals surface area (Å²) in [5.74, 6) is -0.384. The summed E-state index contributed by atoms with van der Waals surface area (Å²) in [6.45, 7) is 2.67. The first-order valence-electron chi connectivity index (χ1n) is 7.89. The highest BCUT2D eigenvalue weighted by atomic mass is 19.1. The zero-order valence-electron chi connectivity index (χ0n) is 13.7. The Balaban J connectivity index is 1.86. The lowest BCUT2D eigenvalue weighted by molar-refractivity contribution is 0.102. The van der Waals surface area contributed by atoms with Gasteiger partial charge >= 0.3 is 0 Å². The number of hydrogen-bond acceptors (Lipinski definition) is 4. The lowest BCUT2D eigenvalue weighted by atomic mass is 10.2. The average molecular weight is 336 g/mol.